The Kier molecular flexibility index (Phi) is 3.43. The van der Waals surface area contributed by atoms with Crippen molar-refractivity contribution in [2.45, 2.75) is 20.3 Å². The zero-order valence-corrected chi connectivity index (χ0v) is 10.4. The molecule has 0 atom stereocenters. The van der Waals surface area contributed by atoms with Gasteiger partial charge < -0.3 is 5.32 Å². The van der Waals surface area contributed by atoms with E-state index in [4.69, 9.17) is 0 Å². The van der Waals surface area contributed by atoms with Crippen molar-refractivity contribution < 1.29 is 4.79 Å². The molecule has 6 heteroatoms. The number of anilines is 1. The van der Waals surface area contributed by atoms with E-state index in [1.165, 1.54) is 0 Å². The fraction of sp³-hybridized carbons (Fsp3) is 0.273. The summed E-state index contributed by atoms with van der Waals surface area (Å²) in [5.74, 6) is 0.337. The van der Waals surface area contributed by atoms with E-state index in [1.54, 1.807) is 12.3 Å². The molecule has 0 aromatic carbocycles. The number of pyridine rings is 1. The Morgan fingerprint density at radius 2 is 2.29 bits per heavy atom. The summed E-state index contributed by atoms with van der Waals surface area (Å²) in [6.07, 6.45) is 2.40. The van der Waals surface area contributed by atoms with Crippen LogP contribution in [0.2, 0.25) is 0 Å². The van der Waals surface area contributed by atoms with E-state index in [0.717, 1.165) is 22.8 Å². The first-order chi connectivity index (χ1) is 8.20. The first-order valence-corrected chi connectivity index (χ1v) is 6.03. The summed E-state index contributed by atoms with van der Waals surface area (Å²) in [6.45, 7) is 3.89. The second-order valence-electron chi connectivity index (χ2n) is 3.58. The minimum Gasteiger partial charge on any atom is -0.306 e. The van der Waals surface area contributed by atoms with Gasteiger partial charge in [0.2, 0.25) is 0 Å². The van der Waals surface area contributed by atoms with Gasteiger partial charge in [0.15, 0.2) is 0 Å². The molecule has 2 rings (SSSR count). The van der Waals surface area contributed by atoms with Crippen LogP contribution in [0.4, 0.5) is 5.82 Å². The zero-order valence-electron chi connectivity index (χ0n) is 9.60. The molecule has 0 fully saturated rings. The van der Waals surface area contributed by atoms with Crippen LogP contribution in [0.5, 0.6) is 0 Å². The Morgan fingerprint density at radius 1 is 1.47 bits per heavy atom. The Balaban J connectivity index is 2.14. The molecule has 0 aliphatic heterocycles. The van der Waals surface area contributed by atoms with Crippen molar-refractivity contribution in [3.05, 3.63) is 34.5 Å². The highest BCUT2D eigenvalue weighted by Crippen LogP contribution is 2.13. The van der Waals surface area contributed by atoms with Gasteiger partial charge in [0.1, 0.15) is 10.7 Å². The third-order valence-electron chi connectivity index (χ3n) is 2.25. The molecule has 2 aromatic rings. The lowest BCUT2D eigenvalue weighted by Crippen LogP contribution is -2.13. The predicted molar refractivity (Wildman–Crippen MR) is 66.2 cm³/mol. The van der Waals surface area contributed by atoms with Crippen molar-refractivity contribution in [3.63, 3.8) is 0 Å². The van der Waals surface area contributed by atoms with E-state index in [0.29, 0.717) is 17.1 Å². The van der Waals surface area contributed by atoms with Crippen molar-refractivity contribution in [1.82, 2.24) is 14.6 Å². The minimum absolute atomic E-state index is 0.201. The second-order valence-corrected chi connectivity index (χ2v) is 4.33. The van der Waals surface area contributed by atoms with Crippen LogP contribution >= 0.6 is 11.5 Å². The van der Waals surface area contributed by atoms with E-state index in [9.17, 15) is 4.79 Å². The van der Waals surface area contributed by atoms with Gasteiger partial charge >= 0.3 is 0 Å². The summed E-state index contributed by atoms with van der Waals surface area (Å²) >= 11 is 1.10. The molecule has 17 heavy (non-hydrogen) atoms. The number of nitrogens with zero attached hydrogens (tertiary/aromatic N) is 3. The molecule has 0 unspecified atom stereocenters. The van der Waals surface area contributed by atoms with Gasteiger partial charge in [-0.2, -0.15) is 0 Å². The monoisotopic (exact) mass is 248 g/mol. The number of amides is 1. The van der Waals surface area contributed by atoms with Crippen molar-refractivity contribution >= 4 is 23.3 Å². The van der Waals surface area contributed by atoms with Crippen LogP contribution in [0, 0.1) is 6.92 Å². The molecular formula is C11H12N4OS. The highest BCUT2D eigenvalue weighted by atomic mass is 32.1. The van der Waals surface area contributed by atoms with Crippen LogP contribution in [-0.4, -0.2) is 20.5 Å². The summed E-state index contributed by atoms with van der Waals surface area (Å²) < 4.78 is 3.78. The molecule has 1 N–H and O–H groups in total. The van der Waals surface area contributed by atoms with Gasteiger partial charge in [-0.15, -0.1) is 5.10 Å². The average Bonchev–Trinajstić information content (AvgIpc) is 2.80. The molecule has 0 aliphatic rings. The Morgan fingerprint density at radius 3 is 2.94 bits per heavy atom. The largest absolute Gasteiger partial charge is 0.306 e. The molecule has 0 bridgehead atoms. The molecule has 0 radical (unpaired) electrons. The van der Waals surface area contributed by atoms with Crippen molar-refractivity contribution in [2.75, 3.05) is 5.32 Å². The number of rotatable bonds is 3. The van der Waals surface area contributed by atoms with Gasteiger partial charge in [0.05, 0.1) is 5.69 Å². The highest BCUT2D eigenvalue weighted by molar-refractivity contribution is 7.08. The fourth-order valence-electron chi connectivity index (χ4n) is 1.33. The summed E-state index contributed by atoms with van der Waals surface area (Å²) in [5.41, 5.74) is 1.77. The van der Waals surface area contributed by atoms with E-state index in [1.807, 2.05) is 19.9 Å². The SMILES string of the molecule is CCc1nnsc1C(=O)Nc1ccc(C)cn1. The van der Waals surface area contributed by atoms with Gasteiger partial charge in [-0.3, -0.25) is 4.79 Å². The van der Waals surface area contributed by atoms with Crippen LogP contribution in [-0.2, 0) is 6.42 Å². The van der Waals surface area contributed by atoms with Crippen molar-refractivity contribution in [1.29, 1.82) is 0 Å². The molecule has 0 spiro atoms. The second kappa shape index (κ2) is 5.01. The van der Waals surface area contributed by atoms with Gasteiger partial charge in [0, 0.05) is 6.20 Å². The first kappa shape index (κ1) is 11.7. The van der Waals surface area contributed by atoms with Gasteiger partial charge in [0.25, 0.3) is 5.91 Å². The lowest BCUT2D eigenvalue weighted by Gasteiger charge is -2.03. The topological polar surface area (TPSA) is 67.8 Å². The maximum atomic E-state index is 11.9. The van der Waals surface area contributed by atoms with Crippen LogP contribution in [0.3, 0.4) is 0 Å². The fourth-order valence-corrected chi connectivity index (χ4v) is 1.97. The highest BCUT2D eigenvalue weighted by Gasteiger charge is 2.15. The molecule has 2 heterocycles. The lowest BCUT2D eigenvalue weighted by molar-refractivity contribution is 0.102. The summed E-state index contributed by atoms with van der Waals surface area (Å²) in [5, 5.41) is 6.63. The number of hydrogen-bond acceptors (Lipinski definition) is 5. The standard InChI is InChI=1S/C11H12N4OS/c1-3-8-10(17-15-14-8)11(16)13-9-5-4-7(2)6-12-9/h4-6H,3H2,1-2H3,(H,12,13,16). The molecule has 1 amide bonds. The molecule has 88 valence electrons. The van der Waals surface area contributed by atoms with Crippen molar-refractivity contribution in [3.8, 4) is 0 Å². The van der Waals surface area contributed by atoms with Gasteiger partial charge in [-0.05, 0) is 36.5 Å². The normalized spacial score (nSPS) is 10.2. The van der Waals surface area contributed by atoms with E-state index in [2.05, 4.69) is 19.9 Å². The third kappa shape index (κ3) is 2.65. The number of aromatic nitrogens is 3. The van der Waals surface area contributed by atoms with E-state index >= 15 is 0 Å². The quantitative estimate of drug-likeness (QED) is 0.902. The van der Waals surface area contributed by atoms with Gasteiger partial charge in [-0.25, -0.2) is 4.98 Å². The maximum absolute atomic E-state index is 11.9. The number of nitrogens with one attached hydrogen (secondary N) is 1. The summed E-state index contributed by atoms with van der Waals surface area (Å²) in [6, 6.07) is 3.67. The van der Waals surface area contributed by atoms with Crippen LogP contribution in [0.15, 0.2) is 18.3 Å². The van der Waals surface area contributed by atoms with E-state index < -0.39 is 0 Å². The molecule has 2 aromatic heterocycles. The Bertz CT molecular complexity index is 521. The van der Waals surface area contributed by atoms with E-state index in [-0.39, 0.29) is 5.91 Å². The van der Waals surface area contributed by atoms with Gasteiger partial charge in [-0.1, -0.05) is 17.5 Å². The summed E-state index contributed by atoms with van der Waals surface area (Å²) in [4.78, 5) is 16.6. The number of carbonyl (C=O) groups excluding carboxylic acids is 1. The number of hydrogen-bond donors (Lipinski definition) is 1. The van der Waals surface area contributed by atoms with Crippen LogP contribution < -0.4 is 5.32 Å². The van der Waals surface area contributed by atoms with Crippen LogP contribution in [0.1, 0.15) is 27.9 Å². The lowest BCUT2D eigenvalue weighted by atomic mass is 10.3. The molecule has 0 saturated carbocycles. The molecule has 0 aliphatic carbocycles. The number of carbonyl (C=O) groups is 1. The first-order valence-electron chi connectivity index (χ1n) is 5.26. The third-order valence-corrected chi connectivity index (χ3v) is 3.02. The smallest absolute Gasteiger partial charge is 0.270 e. The van der Waals surface area contributed by atoms with Crippen molar-refractivity contribution in [2.24, 2.45) is 0 Å². The number of aryl methyl sites for hydroxylation is 2. The molecule has 5 nitrogen and oxygen atoms in total. The Hall–Kier alpha value is -1.82. The average molecular weight is 248 g/mol. The maximum Gasteiger partial charge on any atom is 0.270 e. The summed E-state index contributed by atoms with van der Waals surface area (Å²) in [7, 11) is 0. The Labute approximate surface area is 103 Å². The predicted octanol–water partition coefficient (Wildman–Crippen LogP) is 2.06. The van der Waals surface area contributed by atoms with Crippen LogP contribution in [0.25, 0.3) is 0 Å². The zero-order chi connectivity index (χ0) is 12.3. The molecule has 0 saturated heterocycles. The minimum atomic E-state index is -0.201. The molecular weight excluding hydrogens is 236 g/mol.